The van der Waals surface area contributed by atoms with E-state index < -0.39 is 21.9 Å². The third-order valence-corrected chi connectivity index (χ3v) is 5.78. The number of aryl methyl sites for hydroxylation is 1. The van der Waals surface area contributed by atoms with Crippen LogP contribution in [0.15, 0.2) is 77.7 Å². The summed E-state index contributed by atoms with van der Waals surface area (Å²) in [6.45, 7) is 2.27. The van der Waals surface area contributed by atoms with Crippen molar-refractivity contribution < 1.29 is 23.1 Å². The Morgan fingerprint density at radius 3 is 2.17 bits per heavy atom. The second-order valence-electron chi connectivity index (χ2n) is 6.65. The number of carboxylic acids is 1. The summed E-state index contributed by atoms with van der Waals surface area (Å²) in [5.74, 6) is -1.57. The van der Waals surface area contributed by atoms with E-state index in [9.17, 15) is 18.0 Å². The first-order valence-electron chi connectivity index (χ1n) is 9.05. The number of nitrogens with one attached hydrogen (secondary N) is 2. The van der Waals surface area contributed by atoms with Crippen LogP contribution in [0.5, 0.6) is 0 Å². The highest BCUT2D eigenvalue weighted by molar-refractivity contribution is 7.92. The number of amides is 1. The summed E-state index contributed by atoms with van der Waals surface area (Å²) in [4.78, 5) is 23.5. The van der Waals surface area contributed by atoms with E-state index in [0.29, 0.717) is 6.54 Å². The number of para-hydroxylation sites is 1. The van der Waals surface area contributed by atoms with Gasteiger partial charge in [0.1, 0.15) is 0 Å². The molecule has 0 aliphatic heterocycles. The molecule has 0 heterocycles. The van der Waals surface area contributed by atoms with Crippen LogP contribution in [0.4, 0.5) is 5.69 Å². The van der Waals surface area contributed by atoms with Gasteiger partial charge >= 0.3 is 5.97 Å². The molecule has 3 N–H and O–H groups in total. The first kappa shape index (κ1) is 21.1. The maximum atomic E-state index is 12.7. The van der Waals surface area contributed by atoms with Gasteiger partial charge < -0.3 is 10.4 Å². The quantitative estimate of drug-likeness (QED) is 0.538. The minimum absolute atomic E-state index is 0.0233. The van der Waals surface area contributed by atoms with Crippen LogP contribution >= 0.6 is 0 Å². The molecule has 154 valence electrons. The molecule has 0 aliphatic carbocycles. The fourth-order valence-electron chi connectivity index (χ4n) is 2.73. The Bertz CT molecular complexity index is 1170. The van der Waals surface area contributed by atoms with Crippen LogP contribution in [0.1, 0.15) is 31.8 Å². The number of carbonyl (C=O) groups excluding carboxylic acids is 1. The fourth-order valence-corrected chi connectivity index (χ4v) is 3.81. The number of benzene rings is 3. The van der Waals surface area contributed by atoms with Crippen LogP contribution in [-0.2, 0) is 16.6 Å². The maximum Gasteiger partial charge on any atom is 0.335 e. The molecule has 0 saturated heterocycles. The average molecular weight is 424 g/mol. The van der Waals surface area contributed by atoms with Crippen molar-refractivity contribution >= 4 is 27.6 Å². The molecule has 7 nitrogen and oxygen atoms in total. The van der Waals surface area contributed by atoms with Gasteiger partial charge in [-0.1, -0.05) is 42.0 Å². The molecule has 0 atom stereocenters. The summed E-state index contributed by atoms with van der Waals surface area (Å²) in [6, 6.07) is 18.8. The Balaban J connectivity index is 1.77. The number of hydrogen-bond acceptors (Lipinski definition) is 4. The Kier molecular flexibility index (Phi) is 6.17. The number of carbonyl (C=O) groups is 2. The van der Waals surface area contributed by atoms with Gasteiger partial charge in [-0.25, -0.2) is 13.2 Å². The molecular formula is C22H20N2O5S. The molecular weight excluding hydrogens is 404 g/mol. The lowest BCUT2D eigenvalue weighted by Gasteiger charge is -2.13. The Labute approximate surface area is 174 Å². The lowest BCUT2D eigenvalue weighted by molar-refractivity contribution is 0.0696. The molecule has 0 radical (unpaired) electrons. The van der Waals surface area contributed by atoms with Crippen molar-refractivity contribution in [1.29, 1.82) is 0 Å². The zero-order chi connectivity index (χ0) is 21.7. The number of rotatable bonds is 7. The van der Waals surface area contributed by atoms with Gasteiger partial charge in [-0.05, 0) is 48.9 Å². The van der Waals surface area contributed by atoms with Gasteiger partial charge in [0.2, 0.25) is 0 Å². The molecule has 3 rings (SSSR count). The number of carboxylic acid groups (broad SMARTS) is 1. The monoisotopic (exact) mass is 424 g/mol. The highest BCUT2D eigenvalue weighted by Crippen LogP contribution is 2.21. The van der Waals surface area contributed by atoms with Crippen molar-refractivity contribution in [2.24, 2.45) is 0 Å². The van der Waals surface area contributed by atoms with E-state index in [1.165, 1.54) is 36.4 Å². The van der Waals surface area contributed by atoms with E-state index in [4.69, 9.17) is 5.11 Å². The smallest absolute Gasteiger partial charge is 0.335 e. The Morgan fingerprint density at radius 2 is 1.53 bits per heavy atom. The van der Waals surface area contributed by atoms with Crippen molar-refractivity contribution in [1.82, 2.24) is 5.32 Å². The second-order valence-corrected chi connectivity index (χ2v) is 8.33. The number of sulfonamides is 1. The van der Waals surface area contributed by atoms with Gasteiger partial charge in [0.15, 0.2) is 0 Å². The van der Waals surface area contributed by atoms with E-state index in [2.05, 4.69) is 10.0 Å². The van der Waals surface area contributed by atoms with Gasteiger partial charge in [0, 0.05) is 6.54 Å². The highest BCUT2D eigenvalue weighted by atomic mass is 32.2. The molecule has 30 heavy (non-hydrogen) atoms. The van der Waals surface area contributed by atoms with E-state index in [0.717, 1.165) is 11.1 Å². The molecule has 3 aromatic carbocycles. The molecule has 0 fully saturated rings. The Morgan fingerprint density at radius 1 is 0.900 bits per heavy atom. The lowest BCUT2D eigenvalue weighted by atomic mass is 10.1. The summed E-state index contributed by atoms with van der Waals surface area (Å²) < 4.78 is 27.8. The second kappa shape index (κ2) is 8.79. The third kappa shape index (κ3) is 5.03. The zero-order valence-electron chi connectivity index (χ0n) is 16.1. The third-order valence-electron chi connectivity index (χ3n) is 4.40. The predicted molar refractivity (Wildman–Crippen MR) is 113 cm³/mol. The summed E-state index contributed by atoms with van der Waals surface area (Å²) in [5, 5.41) is 11.7. The highest BCUT2D eigenvalue weighted by Gasteiger charge is 2.19. The molecule has 8 heteroatoms. The lowest BCUT2D eigenvalue weighted by Crippen LogP contribution is -2.25. The van der Waals surface area contributed by atoms with Crippen LogP contribution in [0.25, 0.3) is 0 Å². The molecule has 0 unspecified atom stereocenters. The first-order valence-corrected chi connectivity index (χ1v) is 10.5. The molecule has 3 aromatic rings. The maximum absolute atomic E-state index is 12.7. The van der Waals surface area contributed by atoms with Gasteiger partial charge in [0.05, 0.1) is 21.7 Å². The van der Waals surface area contributed by atoms with Crippen molar-refractivity contribution in [3.05, 3.63) is 95.1 Å². The van der Waals surface area contributed by atoms with Gasteiger partial charge in [-0.3, -0.25) is 9.52 Å². The number of anilines is 1. The van der Waals surface area contributed by atoms with E-state index in [1.54, 1.807) is 12.1 Å². The normalized spacial score (nSPS) is 11.0. The van der Waals surface area contributed by atoms with Gasteiger partial charge in [0.25, 0.3) is 15.9 Å². The van der Waals surface area contributed by atoms with E-state index in [1.807, 2.05) is 31.2 Å². The molecule has 0 bridgehead atoms. The van der Waals surface area contributed by atoms with Crippen LogP contribution < -0.4 is 10.0 Å². The summed E-state index contributed by atoms with van der Waals surface area (Å²) >= 11 is 0. The summed E-state index contributed by atoms with van der Waals surface area (Å²) in [7, 11) is -4.01. The summed E-state index contributed by atoms with van der Waals surface area (Å²) in [5.41, 5.74) is 2.31. The van der Waals surface area contributed by atoms with Crippen LogP contribution in [-0.4, -0.2) is 25.4 Å². The van der Waals surface area contributed by atoms with Gasteiger partial charge in [-0.2, -0.15) is 0 Å². The van der Waals surface area contributed by atoms with E-state index >= 15 is 0 Å². The van der Waals surface area contributed by atoms with Crippen LogP contribution in [0.3, 0.4) is 0 Å². The number of hydrogen-bond donors (Lipinski definition) is 3. The minimum atomic E-state index is -4.01. The fraction of sp³-hybridized carbons (Fsp3) is 0.0909. The standard InChI is InChI=1S/C22H20N2O5S/c1-15-6-8-16(9-7-15)14-23-21(25)19-4-2-3-5-20(19)24-30(28,29)18-12-10-17(11-13-18)22(26)27/h2-13,24H,14H2,1H3,(H,23,25)(H,26,27). The van der Waals surface area contributed by atoms with E-state index in [-0.39, 0.29) is 21.7 Å². The SMILES string of the molecule is Cc1ccc(CNC(=O)c2ccccc2NS(=O)(=O)c2ccc(C(=O)O)cc2)cc1. The minimum Gasteiger partial charge on any atom is -0.478 e. The molecule has 0 spiro atoms. The van der Waals surface area contributed by atoms with Crippen LogP contribution in [0, 0.1) is 6.92 Å². The first-order chi connectivity index (χ1) is 14.3. The predicted octanol–water partition coefficient (Wildman–Crippen LogP) is 3.42. The Hall–Kier alpha value is -3.65. The average Bonchev–Trinajstić information content (AvgIpc) is 2.73. The van der Waals surface area contributed by atoms with Crippen molar-refractivity contribution in [3.63, 3.8) is 0 Å². The van der Waals surface area contributed by atoms with Crippen molar-refractivity contribution in [2.75, 3.05) is 4.72 Å². The number of aromatic carboxylic acids is 1. The zero-order valence-corrected chi connectivity index (χ0v) is 16.9. The van der Waals surface area contributed by atoms with Gasteiger partial charge in [-0.15, -0.1) is 0 Å². The topological polar surface area (TPSA) is 113 Å². The molecule has 0 aliphatic rings. The molecule has 1 amide bonds. The van der Waals surface area contributed by atoms with Crippen molar-refractivity contribution in [3.8, 4) is 0 Å². The largest absolute Gasteiger partial charge is 0.478 e. The molecule has 0 aromatic heterocycles. The van der Waals surface area contributed by atoms with Crippen LogP contribution in [0.2, 0.25) is 0 Å². The van der Waals surface area contributed by atoms with Crippen molar-refractivity contribution in [2.45, 2.75) is 18.4 Å². The molecule has 0 saturated carbocycles. The summed E-state index contributed by atoms with van der Waals surface area (Å²) in [6.07, 6.45) is 0.